The quantitative estimate of drug-likeness (QED) is 0.290. The van der Waals surface area contributed by atoms with Crippen LogP contribution in [-0.2, 0) is 20.9 Å². The molecule has 0 aliphatic heterocycles. The highest BCUT2D eigenvalue weighted by atomic mass is 32.2. The van der Waals surface area contributed by atoms with Crippen LogP contribution in [0.1, 0.15) is 11.1 Å². The highest BCUT2D eigenvalue weighted by molar-refractivity contribution is 7.87. The third-order valence-electron chi connectivity index (χ3n) is 5.26. The first-order valence-corrected chi connectivity index (χ1v) is 10.6. The Hall–Kier alpha value is -2.95. The zero-order valence-corrected chi connectivity index (χ0v) is 16.2. The van der Waals surface area contributed by atoms with Crippen molar-refractivity contribution in [2.24, 2.45) is 0 Å². The van der Waals surface area contributed by atoms with Crippen molar-refractivity contribution >= 4 is 42.4 Å². The molecule has 0 unspecified atom stereocenters. The van der Waals surface area contributed by atoms with Gasteiger partial charge in [-0.2, -0.15) is 8.42 Å². The van der Waals surface area contributed by atoms with Gasteiger partial charge in [-0.3, -0.25) is 4.18 Å². The molecule has 0 amide bonds. The average Bonchev–Trinajstić information content (AvgIpc) is 2.71. The molecule has 0 atom stereocenters. The van der Waals surface area contributed by atoms with E-state index in [9.17, 15) is 8.42 Å². The van der Waals surface area contributed by atoms with Gasteiger partial charge in [0.25, 0.3) is 10.1 Å². The molecule has 0 heterocycles. The van der Waals surface area contributed by atoms with E-state index in [1.807, 2.05) is 61.5 Å². The van der Waals surface area contributed by atoms with Crippen LogP contribution >= 0.6 is 0 Å². The first-order chi connectivity index (χ1) is 13.5. The molecule has 0 saturated carbocycles. The van der Waals surface area contributed by atoms with Crippen molar-refractivity contribution in [3.05, 3.63) is 90.0 Å². The van der Waals surface area contributed by atoms with Crippen LogP contribution in [-0.4, -0.2) is 8.42 Å². The van der Waals surface area contributed by atoms with Gasteiger partial charge in [0.1, 0.15) is 4.90 Å². The van der Waals surface area contributed by atoms with Gasteiger partial charge in [-0.05, 0) is 45.5 Å². The molecule has 5 rings (SSSR count). The Morgan fingerprint density at radius 2 is 1.32 bits per heavy atom. The van der Waals surface area contributed by atoms with Crippen molar-refractivity contribution < 1.29 is 12.6 Å². The Labute approximate surface area is 163 Å². The van der Waals surface area contributed by atoms with Crippen LogP contribution in [0.3, 0.4) is 0 Å². The molecule has 0 aliphatic carbocycles. The molecule has 3 nitrogen and oxygen atoms in total. The molecule has 0 bridgehead atoms. The summed E-state index contributed by atoms with van der Waals surface area (Å²) < 4.78 is 31.4. The lowest BCUT2D eigenvalue weighted by Crippen LogP contribution is -2.07. The summed E-state index contributed by atoms with van der Waals surface area (Å²) in [7, 11) is -3.89. The lowest BCUT2D eigenvalue weighted by atomic mass is 9.94. The molecule has 5 aromatic carbocycles. The minimum atomic E-state index is -3.89. The number of aryl methyl sites for hydroxylation is 1. The second-order valence-electron chi connectivity index (χ2n) is 7.12. The predicted octanol–water partition coefficient (Wildman–Crippen LogP) is 5.80. The van der Waals surface area contributed by atoms with E-state index in [0.717, 1.165) is 38.1 Å². The van der Waals surface area contributed by atoms with Gasteiger partial charge in [-0.25, -0.2) is 0 Å². The van der Waals surface area contributed by atoms with Crippen LogP contribution in [0.4, 0.5) is 0 Å². The second kappa shape index (κ2) is 6.30. The Kier molecular flexibility index (Phi) is 3.86. The van der Waals surface area contributed by atoms with Crippen molar-refractivity contribution in [3.8, 4) is 0 Å². The summed E-state index contributed by atoms with van der Waals surface area (Å²) in [4.78, 5) is 0.213. The lowest BCUT2D eigenvalue weighted by molar-refractivity contribution is 0.308. The maximum absolute atomic E-state index is 13.0. The molecular formula is C24H18O3S. The van der Waals surface area contributed by atoms with E-state index >= 15 is 0 Å². The van der Waals surface area contributed by atoms with Gasteiger partial charge in [0.15, 0.2) is 0 Å². The number of hydrogen-bond donors (Lipinski definition) is 0. The third kappa shape index (κ3) is 2.73. The van der Waals surface area contributed by atoms with Gasteiger partial charge >= 0.3 is 0 Å². The van der Waals surface area contributed by atoms with E-state index in [2.05, 4.69) is 18.2 Å². The molecule has 0 aliphatic rings. The normalized spacial score (nSPS) is 12.3. The van der Waals surface area contributed by atoms with Crippen molar-refractivity contribution in [2.45, 2.75) is 18.4 Å². The Bertz CT molecular complexity index is 1400. The summed E-state index contributed by atoms with van der Waals surface area (Å²) in [5.74, 6) is 0. The SMILES string of the molecule is Cc1ccc(COS(=O)(=O)c2ccc3ccc4cccc5ccc2c3c45)cc1. The summed E-state index contributed by atoms with van der Waals surface area (Å²) in [6.07, 6.45) is 0. The molecule has 28 heavy (non-hydrogen) atoms. The highest BCUT2D eigenvalue weighted by Crippen LogP contribution is 2.37. The summed E-state index contributed by atoms with van der Waals surface area (Å²) in [6, 6.07) is 25.3. The van der Waals surface area contributed by atoms with E-state index in [1.54, 1.807) is 6.07 Å². The molecule has 0 spiro atoms. The maximum Gasteiger partial charge on any atom is 0.297 e. The Morgan fingerprint density at radius 1 is 0.714 bits per heavy atom. The van der Waals surface area contributed by atoms with Gasteiger partial charge in [0.2, 0.25) is 0 Å². The van der Waals surface area contributed by atoms with E-state index in [4.69, 9.17) is 4.18 Å². The number of benzene rings is 5. The van der Waals surface area contributed by atoms with Crippen LogP contribution in [0.25, 0.3) is 32.3 Å². The van der Waals surface area contributed by atoms with Crippen LogP contribution in [0.5, 0.6) is 0 Å². The average molecular weight is 386 g/mol. The summed E-state index contributed by atoms with van der Waals surface area (Å²) in [5, 5.41) is 5.99. The number of rotatable bonds is 4. The Morgan fingerprint density at radius 3 is 2.04 bits per heavy atom. The first kappa shape index (κ1) is 17.2. The molecule has 0 aromatic heterocycles. The van der Waals surface area contributed by atoms with E-state index in [0.29, 0.717) is 5.39 Å². The van der Waals surface area contributed by atoms with Crippen molar-refractivity contribution in [1.29, 1.82) is 0 Å². The molecule has 0 radical (unpaired) electrons. The summed E-state index contributed by atoms with van der Waals surface area (Å²) >= 11 is 0. The van der Waals surface area contributed by atoms with Gasteiger partial charge in [0.05, 0.1) is 6.61 Å². The standard InChI is InChI=1S/C24H18O3S/c1-16-5-7-17(8-6-16)15-27-28(25,26)22-14-12-20-10-9-18-3-2-4-19-11-13-21(22)24(20)23(18)19/h2-14H,15H2,1H3. The van der Waals surface area contributed by atoms with Crippen LogP contribution < -0.4 is 0 Å². The fourth-order valence-corrected chi connectivity index (χ4v) is 4.91. The van der Waals surface area contributed by atoms with Gasteiger partial charge in [-0.1, -0.05) is 78.4 Å². The molecular weight excluding hydrogens is 368 g/mol. The largest absolute Gasteiger partial charge is 0.297 e. The predicted molar refractivity (Wildman–Crippen MR) is 113 cm³/mol. The molecule has 5 aromatic rings. The van der Waals surface area contributed by atoms with Crippen molar-refractivity contribution in [1.82, 2.24) is 0 Å². The minimum absolute atomic E-state index is 0.0184. The van der Waals surface area contributed by atoms with Gasteiger partial charge in [-0.15, -0.1) is 0 Å². The zero-order valence-electron chi connectivity index (χ0n) is 15.3. The topological polar surface area (TPSA) is 43.4 Å². The second-order valence-corrected chi connectivity index (χ2v) is 8.71. The molecule has 0 fully saturated rings. The lowest BCUT2D eigenvalue weighted by Gasteiger charge is -2.14. The van der Waals surface area contributed by atoms with Crippen LogP contribution in [0.15, 0.2) is 83.8 Å². The van der Waals surface area contributed by atoms with Crippen LogP contribution in [0, 0.1) is 6.92 Å². The zero-order chi connectivity index (χ0) is 19.3. The number of hydrogen-bond acceptors (Lipinski definition) is 3. The summed E-state index contributed by atoms with van der Waals surface area (Å²) in [6.45, 7) is 2.01. The third-order valence-corrected chi connectivity index (χ3v) is 6.58. The smallest absolute Gasteiger partial charge is 0.262 e. The fourth-order valence-electron chi connectivity index (χ4n) is 3.82. The Balaban J connectivity index is 1.64. The molecule has 0 N–H and O–H groups in total. The molecule has 138 valence electrons. The van der Waals surface area contributed by atoms with E-state index in [-0.39, 0.29) is 11.5 Å². The molecule has 0 saturated heterocycles. The monoisotopic (exact) mass is 386 g/mol. The van der Waals surface area contributed by atoms with E-state index < -0.39 is 10.1 Å². The first-order valence-electron chi connectivity index (χ1n) is 9.14. The fraction of sp³-hybridized carbons (Fsp3) is 0.0833. The van der Waals surface area contributed by atoms with E-state index in [1.165, 1.54) is 0 Å². The highest BCUT2D eigenvalue weighted by Gasteiger charge is 2.21. The van der Waals surface area contributed by atoms with Crippen molar-refractivity contribution in [3.63, 3.8) is 0 Å². The van der Waals surface area contributed by atoms with Gasteiger partial charge < -0.3 is 0 Å². The maximum atomic E-state index is 13.0. The van der Waals surface area contributed by atoms with Crippen molar-refractivity contribution in [2.75, 3.05) is 0 Å². The van der Waals surface area contributed by atoms with Gasteiger partial charge in [0, 0.05) is 5.39 Å². The van der Waals surface area contributed by atoms with Crippen LogP contribution in [0.2, 0.25) is 0 Å². The minimum Gasteiger partial charge on any atom is -0.262 e. The summed E-state index contributed by atoms with van der Waals surface area (Å²) in [5.41, 5.74) is 1.95. The molecule has 4 heteroatoms.